The first kappa shape index (κ1) is 26.8. The first-order valence-electron chi connectivity index (χ1n) is 15.0. The van der Waals surface area contributed by atoms with Gasteiger partial charge in [-0.1, -0.05) is 13.8 Å². The van der Waals surface area contributed by atoms with Crippen LogP contribution < -0.4 is 0 Å². The topological polar surface area (TPSA) is 127 Å². The Morgan fingerprint density at radius 3 is 2.56 bits per heavy atom. The Kier molecular flexibility index (Phi) is 6.00. The third kappa shape index (κ3) is 3.41. The Bertz CT molecular complexity index is 1060. The summed E-state index contributed by atoms with van der Waals surface area (Å²) in [5.41, 5.74) is -0.712. The van der Waals surface area contributed by atoms with Gasteiger partial charge in [-0.15, -0.1) is 0 Å². The molecule has 0 aromatic heterocycles. The predicted octanol–water partition coefficient (Wildman–Crippen LogP) is 2.24. The van der Waals surface area contributed by atoms with E-state index >= 15 is 0 Å². The van der Waals surface area contributed by atoms with Crippen LogP contribution >= 0.6 is 0 Å². The molecule has 218 valence electrons. The number of aliphatic hydroxyl groups excluding tert-OH is 2. The van der Waals surface area contributed by atoms with Crippen LogP contribution in [0.2, 0.25) is 0 Å². The Hall–Kier alpha value is -1.07. The molecule has 2 saturated heterocycles. The summed E-state index contributed by atoms with van der Waals surface area (Å²) in [4.78, 5) is 11.9. The number of fused-ring (bicyclic) bond motifs is 3. The second-order valence-electron chi connectivity index (χ2n) is 14.0. The van der Waals surface area contributed by atoms with Crippen LogP contribution in [0.4, 0.5) is 0 Å². The van der Waals surface area contributed by atoms with Gasteiger partial charge in [0.2, 0.25) is 0 Å². The highest BCUT2D eigenvalue weighted by molar-refractivity contribution is 5.85. The number of cyclic esters (lactones) is 1. The molecule has 3 aliphatic heterocycles. The van der Waals surface area contributed by atoms with Crippen molar-refractivity contribution in [2.75, 3.05) is 13.7 Å². The van der Waals surface area contributed by atoms with Crippen LogP contribution in [0.15, 0.2) is 11.6 Å². The van der Waals surface area contributed by atoms with E-state index in [-0.39, 0.29) is 40.8 Å². The van der Waals surface area contributed by atoms with E-state index in [1.54, 1.807) is 13.0 Å². The average molecular weight is 549 g/mol. The third-order valence-electron chi connectivity index (χ3n) is 12.7. The van der Waals surface area contributed by atoms with Crippen molar-refractivity contribution < 1.29 is 43.8 Å². The van der Waals surface area contributed by atoms with Gasteiger partial charge < -0.3 is 39.0 Å². The van der Waals surface area contributed by atoms with Crippen molar-refractivity contribution in [2.24, 2.45) is 28.6 Å². The lowest BCUT2D eigenvalue weighted by Crippen LogP contribution is -2.68. The highest BCUT2D eigenvalue weighted by atomic mass is 16.7. The summed E-state index contributed by atoms with van der Waals surface area (Å²) in [6, 6.07) is 0. The molecule has 9 nitrogen and oxygen atoms in total. The molecule has 0 unspecified atom stereocenters. The molecule has 14 atom stereocenters. The van der Waals surface area contributed by atoms with Gasteiger partial charge in [0.25, 0.3) is 0 Å². The minimum Gasteiger partial charge on any atom is -0.458 e. The first-order valence-corrected chi connectivity index (χ1v) is 15.0. The third-order valence-corrected chi connectivity index (χ3v) is 12.7. The van der Waals surface area contributed by atoms with E-state index in [0.29, 0.717) is 18.9 Å². The molecule has 1 spiro atoms. The van der Waals surface area contributed by atoms with Crippen molar-refractivity contribution in [3.63, 3.8) is 0 Å². The average Bonchev–Trinajstić information content (AvgIpc) is 3.34. The van der Waals surface area contributed by atoms with Crippen molar-refractivity contribution in [3.8, 4) is 0 Å². The Balaban J connectivity index is 1.09. The maximum Gasteiger partial charge on any atom is 0.331 e. The second-order valence-corrected chi connectivity index (χ2v) is 14.0. The number of rotatable bonds is 4. The highest BCUT2D eigenvalue weighted by Gasteiger charge is 2.84. The normalized spacial score (nSPS) is 58.0. The van der Waals surface area contributed by atoms with Crippen LogP contribution in [0, 0.1) is 28.6 Å². The molecule has 3 heterocycles. The first-order chi connectivity index (χ1) is 18.5. The molecule has 6 fully saturated rings. The van der Waals surface area contributed by atoms with Crippen LogP contribution in [0.3, 0.4) is 0 Å². The maximum absolute atomic E-state index is 12.6. The van der Waals surface area contributed by atoms with Gasteiger partial charge in [0.15, 0.2) is 6.29 Å². The minimum atomic E-state index is -1.06. The molecule has 0 bridgehead atoms. The molecular formula is C30H44O9. The quantitative estimate of drug-likeness (QED) is 0.275. The lowest BCUT2D eigenvalue weighted by Gasteiger charge is -2.62. The number of hydrogen-bond donors (Lipinski definition) is 3. The molecular weight excluding hydrogens is 504 g/mol. The zero-order valence-corrected chi connectivity index (χ0v) is 23.5. The van der Waals surface area contributed by atoms with Crippen LogP contribution in [0.1, 0.15) is 72.1 Å². The van der Waals surface area contributed by atoms with E-state index in [2.05, 4.69) is 13.8 Å². The smallest absolute Gasteiger partial charge is 0.331 e. The predicted molar refractivity (Wildman–Crippen MR) is 137 cm³/mol. The minimum absolute atomic E-state index is 0.0261. The summed E-state index contributed by atoms with van der Waals surface area (Å²) in [6.45, 7) is 6.73. The molecule has 7 aliphatic rings. The monoisotopic (exact) mass is 548 g/mol. The summed E-state index contributed by atoms with van der Waals surface area (Å²) >= 11 is 0. The van der Waals surface area contributed by atoms with Crippen molar-refractivity contribution in [3.05, 3.63) is 11.6 Å². The van der Waals surface area contributed by atoms with E-state index in [1.165, 1.54) is 7.11 Å². The lowest BCUT2D eigenvalue weighted by atomic mass is 9.43. The second kappa shape index (κ2) is 8.72. The summed E-state index contributed by atoms with van der Waals surface area (Å²) in [5.74, 6) is 0.532. The highest BCUT2D eigenvalue weighted by Crippen LogP contribution is 2.77. The van der Waals surface area contributed by atoms with Gasteiger partial charge in [0.1, 0.15) is 36.1 Å². The Labute approximate surface area is 230 Å². The van der Waals surface area contributed by atoms with E-state index < -0.39 is 41.9 Å². The maximum atomic E-state index is 12.6. The molecule has 7 rings (SSSR count). The fraction of sp³-hybridized carbons (Fsp3) is 0.900. The molecule has 0 aromatic rings. The molecule has 3 N–H and O–H groups in total. The SMILES string of the molecule is CO[C@H]1[C@H](O)[C@H](O[C@H]2CC[C@@]3(C)[C@@H](C2)C[C@@H]2O[C@]24[C@@H]3CC[C@]2(C)[C@@H](C3=CC(=O)OC3)CC[C@]42O)O[C@@H](C)[C@@H]1O. The molecule has 9 heteroatoms. The Morgan fingerprint density at radius 1 is 1.05 bits per heavy atom. The summed E-state index contributed by atoms with van der Waals surface area (Å²) < 4.78 is 29.5. The van der Waals surface area contributed by atoms with Crippen LogP contribution in [0.25, 0.3) is 0 Å². The van der Waals surface area contributed by atoms with Gasteiger partial charge in [0, 0.05) is 18.6 Å². The fourth-order valence-electron chi connectivity index (χ4n) is 10.5. The number of carbonyl (C=O) groups is 1. The van der Waals surface area contributed by atoms with Gasteiger partial charge in [-0.2, -0.15) is 0 Å². The summed E-state index contributed by atoms with van der Waals surface area (Å²) in [5, 5.41) is 33.7. The molecule has 0 amide bonds. The number of epoxide rings is 1. The number of aliphatic hydroxyl groups is 3. The fourth-order valence-corrected chi connectivity index (χ4v) is 10.5. The number of methoxy groups -OCH3 is 1. The standard InChI is InChI=1S/C30H44O9/c1-15-23(32)25(35-4)24(33)26(37-15)38-18-5-8-27(2)17(12-18)13-21-30(39-21)20(27)7-9-28(3)19(6-10-29(28,30)34)16-11-22(31)36-14-16/h11,15,17-21,23-26,32-34H,5-10,12-14H2,1-4H3/t15-,17-,18-,19+,20+,21-,23-,24-,25+,26-,27-,28+,29+,30+/m0/s1. The number of hydrogen-bond acceptors (Lipinski definition) is 9. The summed E-state index contributed by atoms with van der Waals surface area (Å²) in [6.07, 6.45) is 4.59. The largest absolute Gasteiger partial charge is 0.458 e. The summed E-state index contributed by atoms with van der Waals surface area (Å²) in [7, 11) is 1.48. The van der Waals surface area contributed by atoms with E-state index in [0.717, 1.165) is 50.5 Å². The molecule has 4 aliphatic carbocycles. The van der Waals surface area contributed by atoms with E-state index in [4.69, 9.17) is 23.7 Å². The zero-order chi connectivity index (χ0) is 27.5. The van der Waals surface area contributed by atoms with E-state index in [1.807, 2.05) is 0 Å². The van der Waals surface area contributed by atoms with Crippen LogP contribution in [-0.4, -0.2) is 89.1 Å². The number of carbonyl (C=O) groups excluding carboxylic acids is 1. The molecule has 39 heavy (non-hydrogen) atoms. The van der Waals surface area contributed by atoms with Gasteiger partial charge in [-0.3, -0.25) is 0 Å². The van der Waals surface area contributed by atoms with Crippen LogP contribution in [0.5, 0.6) is 0 Å². The molecule has 0 radical (unpaired) electrons. The molecule has 4 saturated carbocycles. The van der Waals surface area contributed by atoms with Crippen molar-refractivity contribution in [1.29, 1.82) is 0 Å². The van der Waals surface area contributed by atoms with Crippen molar-refractivity contribution in [1.82, 2.24) is 0 Å². The van der Waals surface area contributed by atoms with Gasteiger partial charge in [-0.05, 0) is 87.0 Å². The van der Waals surface area contributed by atoms with Gasteiger partial charge >= 0.3 is 5.97 Å². The van der Waals surface area contributed by atoms with Crippen molar-refractivity contribution in [2.45, 2.75) is 126 Å². The van der Waals surface area contributed by atoms with Crippen LogP contribution in [-0.2, 0) is 28.5 Å². The zero-order valence-electron chi connectivity index (χ0n) is 23.5. The Morgan fingerprint density at radius 2 is 1.85 bits per heavy atom. The molecule has 0 aromatic carbocycles. The van der Waals surface area contributed by atoms with Crippen molar-refractivity contribution >= 4 is 5.97 Å². The van der Waals surface area contributed by atoms with Gasteiger partial charge in [0.05, 0.1) is 18.3 Å². The number of ether oxygens (including phenoxy) is 5. The van der Waals surface area contributed by atoms with E-state index in [9.17, 15) is 20.1 Å². The number of esters is 1. The lowest BCUT2D eigenvalue weighted by molar-refractivity contribution is -0.312. The van der Waals surface area contributed by atoms with Gasteiger partial charge in [-0.25, -0.2) is 4.79 Å².